The van der Waals surface area contributed by atoms with Crippen molar-refractivity contribution in [3.63, 3.8) is 0 Å². The molecule has 1 amide bonds. The van der Waals surface area contributed by atoms with E-state index in [4.69, 9.17) is 0 Å². The predicted molar refractivity (Wildman–Crippen MR) is 142 cm³/mol. The summed E-state index contributed by atoms with van der Waals surface area (Å²) in [6, 6.07) is 6.50. The molecule has 2 saturated heterocycles. The van der Waals surface area contributed by atoms with Crippen molar-refractivity contribution in [3.05, 3.63) is 41.0 Å². The van der Waals surface area contributed by atoms with Gasteiger partial charge in [-0.25, -0.2) is 18.4 Å². The molecule has 3 N–H and O–H groups in total. The lowest BCUT2D eigenvalue weighted by Crippen LogP contribution is -2.56. The molecular formula is C25H33N5O5S2. The summed E-state index contributed by atoms with van der Waals surface area (Å²) in [5.41, 5.74) is 3.72. The van der Waals surface area contributed by atoms with Crippen LogP contribution in [0, 0.1) is 6.92 Å². The van der Waals surface area contributed by atoms with Crippen LogP contribution in [0.15, 0.2) is 34.8 Å². The molecule has 12 heteroatoms. The largest absolute Gasteiger partial charge is 0.391 e. The van der Waals surface area contributed by atoms with Gasteiger partial charge in [-0.3, -0.25) is 4.79 Å². The molecule has 0 saturated carbocycles. The number of hydrogen-bond donors (Lipinski definition) is 3. The van der Waals surface area contributed by atoms with Crippen LogP contribution in [-0.4, -0.2) is 88.3 Å². The molecule has 200 valence electrons. The van der Waals surface area contributed by atoms with E-state index >= 15 is 0 Å². The van der Waals surface area contributed by atoms with Gasteiger partial charge in [0.2, 0.25) is 15.9 Å². The zero-order valence-electron chi connectivity index (χ0n) is 21.2. The predicted octanol–water partition coefficient (Wildman–Crippen LogP) is 1.43. The summed E-state index contributed by atoms with van der Waals surface area (Å²) in [6.07, 6.45) is 1.43. The number of benzene rings is 1. The monoisotopic (exact) mass is 547 g/mol. The van der Waals surface area contributed by atoms with Crippen molar-refractivity contribution < 1.29 is 23.4 Å². The molecule has 1 aromatic carbocycles. The van der Waals surface area contributed by atoms with Crippen LogP contribution in [0.2, 0.25) is 0 Å². The summed E-state index contributed by atoms with van der Waals surface area (Å²) >= 11 is 1.57. The third-order valence-corrected chi connectivity index (χ3v) is 9.97. The van der Waals surface area contributed by atoms with E-state index in [0.29, 0.717) is 25.2 Å². The molecule has 5 rings (SSSR count). The van der Waals surface area contributed by atoms with Crippen LogP contribution in [0.1, 0.15) is 43.9 Å². The lowest BCUT2D eigenvalue weighted by Gasteiger charge is -2.37. The number of aromatic nitrogens is 1. The minimum Gasteiger partial charge on any atom is -0.391 e. The average Bonchev–Trinajstić information content (AvgIpc) is 3.55. The normalized spacial score (nSPS) is 30.8. The van der Waals surface area contributed by atoms with Crippen molar-refractivity contribution in [1.29, 1.82) is 0 Å². The van der Waals surface area contributed by atoms with Gasteiger partial charge in [-0.15, -0.1) is 11.3 Å². The van der Waals surface area contributed by atoms with Gasteiger partial charge in [0, 0.05) is 19.5 Å². The SMILES string of the molecule is Cc1ncsc1-c1ccc([C@]2(C)NC([C@H]3C[C@@H](O)CN3C(=O)[C@@H]3CCCCN3S(C)(=O)=O)=NC2O)cc1. The Balaban J connectivity index is 1.37. The highest BCUT2D eigenvalue weighted by atomic mass is 32.2. The van der Waals surface area contributed by atoms with E-state index in [9.17, 15) is 23.4 Å². The van der Waals surface area contributed by atoms with Crippen molar-refractivity contribution in [1.82, 2.24) is 19.5 Å². The Labute approximate surface area is 221 Å². The number of aliphatic hydroxyl groups excluding tert-OH is 2. The Kier molecular flexibility index (Phi) is 6.90. The number of thiazole rings is 1. The number of carbonyl (C=O) groups excluding carboxylic acids is 1. The Bertz CT molecular complexity index is 1310. The first-order valence-electron chi connectivity index (χ1n) is 12.5. The third kappa shape index (κ3) is 4.81. The number of likely N-dealkylation sites (tertiary alicyclic amines) is 1. The molecular weight excluding hydrogens is 514 g/mol. The first-order valence-corrected chi connectivity index (χ1v) is 15.2. The van der Waals surface area contributed by atoms with Gasteiger partial charge >= 0.3 is 0 Å². The molecule has 4 heterocycles. The van der Waals surface area contributed by atoms with E-state index in [2.05, 4.69) is 15.3 Å². The highest BCUT2D eigenvalue weighted by Crippen LogP contribution is 2.35. The van der Waals surface area contributed by atoms with Crippen molar-refractivity contribution in [2.24, 2.45) is 4.99 Å². The molecule has 0 aliphatic carbocycles. The van der Waals surface area contributed by atoms with Gasteiger partial charge in [-0.1, -0.05) is 30.7 Å². The summed E-state index contributed by atoms with van der Waals surface area (Å²) in [6.45, 7) is 4.22. The molecule has 0 bridgehead atoms. The zero-order valence-corrected chi connectivity index (χ0v) is 22.8. The molecule has 5 atom stereocenters. The number of aliphatic imine (C=N–C) groups is 1. The number of hydrogen-bond acceptors (Lipinski definition) is 9. The van der Waals surface area contributed by atoms with Gasteiger partial charge < -0.3 is 20.4 Å². The molecule has 2 fully saturated rings. The number of aryl methyl sites for hydroxylation is 1. The number of amides is 1. The molecule has 2 aromatic rings. The van der Waals surface area contributed by atoms with Crippen molar-refractivity contribution >= 4 is 33.1 Å². The number of aliphatic hydroxyl groups is 2. The fourth-order valence-corrected chi connectivity index (χ4v) is 7.55. The fraction of sp³-hybridized carbons (Fsp3) is 0.560. The zero-order chi connectivity index (χ0) is 26.5. The van der Waals surface area contributed by atoms with Gasteiger partial charge in [0.25, 0.3) is 0 Å². The number of nitrogens with zero attached hydrogens (tertiary/aromatic N) is 4. The Morgan fingerprint density at radius 2 is 1.95 bits per heavy atom. The summed E-state index contributed by atoms with van der Waals surface area (Å²) in [4.78, 5) is 25.0. The number of β-amino-alcohol motifs (C(OH)–C–C–N with tert-alkyl or cyclic N) is 1. The van der Waals surface area contributed by atoms with Gasteiger partial charge in [0.1, 0.15) is 17.4 Å². The van der Waals surface area contributed by atoms with Crippen LogP contribution in [0.3, 0.4) is 0 Å². The summed E-state index contributed by atoms with van der Waals surface area (Å²) in [5.74, 6) is 0.0903. The second-order valence-corrected chi connectivity index (χ2v) is 13.1. The second kappa shape index (κ2) is 9.73. The van der Waals surface area contributed by atoms with Gasteiger partial charge in [0.15, 0.2) is 6.23 Å². The lowest BCUT2D eigenvalue weighted by atomic mass is 9.90. The van der Waals surface area contributed by atoms with Gasteiger partial charge in [-0.05, 0) is 37.8 Å². The maximum absolute atomic E-state index is 13.6. The number of sulfonamides is 1. The topological polar surface area (TPSA) is 135 Å². The first-order chi connectivity index (χ1) is 17.5. The van der Waals surface area contributed by atoms with E-state index in [-0.39, 0.29) is 18.9 Å². The smallest absolute Gasteiger partial charge is 0.241 e. The quantitative estimate of drug-likeness (QED) is 0.515. The average molecular weight is 548 g/mol. The standard InChI is InChI=1S/C25H33N5O5S2/c1-15-21(36-14-26-15)16-7-9-17(10-8-16)25(2)24(33)27-22(28-25)20-12-18(31)13-29(20)23(32)19-6-4-5-11-30(19)37(3,34)35/h7-10,14,18-20,24,31,33H,4-6,11-13H2,1-3H3,(H,27,28)/t18-,19+,20-,24?,25+/m1/s1. The Morgan fingerprint density at radius 1 is 1.22 bits per heavy atom. The molecule has 10 nitrogen and oxygen atoms in total. The van der Waals surface area contributed by atoms with Crippen molar-refractivity contribution in [3.8, 4) is 10.4 Å². The Hall–Kier alpha value is -2.38. The number of carbonyl (C=O) groups is 1. The molecule has 37 heavy (non-hydrogen) atoms. The highest BCUT2D eigenvalue weighted by Gasteiger charge is 2.48. The third-order valence-electron chi connectivity index (χ3n) is 7.70. The van der Waals surface area contributed by atoms with Crippen LogP contribution in [0.25, 0.3) is 10.4 Å². The van der Waals surface area contributed by atoms with Crippen LogP contribution >= 0.6 is 11.3 Å². The minimum absolute atomic E-state index is 0.0913. The van der Waals surface area contributed by atoms with Crippen LogP contribution in [-0.2, 0) is 20.4 Å². The Morgan fingerprint density at radius 3 is 2.59 bits per heavy atom. The maximum Gasteiger partial charge on any atom is 0.241 e. The van der Waals surface area contributed by atoms with Crippen LogP contribution < -0.4 is 5.32 Å². The molecule has 0 radical (unpaired) electrons. The van der Waals surface area contributed by atoms with E-state index in [0.717, 1.165) is 34.4 Å². The highest BCUT2D eigenvalue weighted by molar-refractivity contribution is 7.88. The number of amidine groups is 1. The fourth-order valence-electron chi connectivity index (χ4n) is 5.62. The summed E-state index contributed by atoms with van der Waals surface area (Å²) < 4.78 is 26.0. The number of piperidine rings is 1. The lowest BCUT2D eigenvalue weighted by molar-refractivity contribution is -0.136. The minimum atomic E-state index is -3.55. The molecule has 3 aliphatic heterocycles. The molecule has 3 aliphatic rings. The molecule has 0 spiro atoms. The van der Waals surface area contributed by atoms with E-state index < -0.39 is 40.0 Å². The van der Waals surface area contributed by atoms with Gasteiger partial charge in [-0.2, -0.15) is 4.31 Å². The van der Waals surface area contributed by atoms with Crippen LogP contribution in [0.5, 0.6) is 0 Å². The maximum atomic E-state index is 13.6. The number of rotatable bonds is 5. The molecule has 1 unspecified atom stereocenters. The first kappa shape index (κ1) is 26.2. The summed E-state index contributed by atoms with van der Waals surface area (Å²) in [7, 11) is -3.55. The van der Waals surface area contributed by atoms with E-state index in [1.54, 1.807) is 11.3 Å². The van der Waals surface area contributed by atoms with Crippen molar-refractivity contribution in [2.45, 2.75) is 69.5 Å². The van der Waals surface area contributed by atoms with E-state index in [1.807, 2.05) is 43.6 Å². The summed E-state index contributed by atoms with van der Waals surface area (Å²) in [5, 5.41) is 24.8. The van der Waals surface area contributed by atoms with E-state index in [1.165, 1.54) is 9.21 Å². The molecule has 1 aromatic heterocycles. The number of nitrogens with one attached hydrogen (secondary N) is 1. The van der Waals surface area contributed by atoms with Crippen LogP contribution in [0.4, 0.5) is 0 Å². The van der Waals surface area contributed by atoms with Gasteiger partial charge in [0.05, 0.1) is 34.5 Å². The second-order valence-electron chi connectivity index (χ2n) is 10.3. The van der Waals surface area contributed by atoms with Crippen molar-refractivity contribution in [2.75, 3.05) is 19.3 Å².